The monoisotopic (exact) mass is 221 g/mol. The number of nitrogens with one attached hydrogen (secondary N) is 2. The molecule has 0 aliphatic heterocycles. The molecule has 0 saturated heterocycles. The molecule has 1 aromatic rings. The maximum absolute atomic E-state index is 11.2. The smallest absolute Gasteiger partial charge is 0.252 e. The molecule has 0 bridgehead atoms. The maximum Gasteiger partial charge on any atom is 0.252 e. The number of nitrogens with zero attached hydrogens (tertiary/aromatic N) is 1. The highest BCUT2D eigenvalue weighted by Gasteiger charge is 2.32. The van der Waals surface area contributed by atoms with Gasteiger partial charge in [-0.2, -0.15) is 0 Å². The topological polar surface area (TPSA) is 57.8 Å². The lowest BCUT2D eigenvalue weighted by molar-refractivity contribution is 0.216. The third-order valence-electron chi connectivity index (χ3n) is 3.51. The highest BCUT2D eigenvalue weighted by molar-refractivity contribution is 5.34. The van der Waals surface area contributed by atoms with Gasteiger partial charge in [0.2, 0.25) is 0 Å². The molecule has 4 heteroatoms. The van der Waals surface area contributed by atoms with E-state index in [1.165, 1.54) is 31.7 Å². The zero-order chi connectivity index (χ0) is 11.6. The predicted octanol–water partition coefficient (Wildman–Crippen LogP) is 2.15. The van der Waals surface area contributed by atoms with E-state index in [0.29, 0.717) is 11.9 Å². The molecule has 1 aliphatic carbocycles. The molecule has 1 heterocycles. The number of H-pyrrole nitrogens is 1. The van der Waals surface area contributed by atoms with Gasteiger partial charge in [0.1, 0.15) is 5.82 Å². The molecule has 1 aliphatic rings. The van der Waals surface area contributed by atoms with Gasteiger partial charge in [-0.15, -0.1) is 0 Å². The highest BCUT2D eigenvalue weighted by Crippen LogP contribution is 2.36. The van der Waals surface area contributed by atoms with Gasteiger partial charge in [0.25, 0.3) is 5.56 Å². The molecule has 0 spiro atoms. The van der Waals surface area contributed by atoms with Crippen molar-refractivity contribution >= 4 is 5.82 Å². The predicted molar refractivity (Wildman–Crippen MR) is 64.5 cm³/mol. The van der Waals surface area contributed by atoms with E-state index in [1.807, 2.05) is 0 Å². The summed E-state index contributed by atoms with van der Waals surface area (Å²) in [7, 11) is 0. The van der Waals surface area contributed by atoms with E-state index in [2.05, 4.69) is 29.1 Å². The zero-order valence-electron chi connectivity index (χ0n) is 9.92. The van der Waals surface area contributed by atoms with Crippen LogP contribution in [0.15, 0.2) is 17.2 Å². The van der Waals surface area contributed by atoms with Gasteiger partial charge >= 0.3 is 0 Å². The van der Waals surface area contributed by atoms with Gasteiger partial charge in [0, 0.05) is 12.1 Å². The van der Waals surface area contributed by atoms with E-state index in [4.69, 9.17) is 0 Å². The number of anilines is 1. The molecule has 1 atom stereocenters. The molecule has 1 fully saturated rings. The van der Waals surface area contributed by atoms with Gasteiger partial charge in [0.15, 0.2) is 0 Å². The highest BCUT2D eigenvalue weighted by atomic mass is 16.1. The maximum atomic E-state index is 11.2. The second-order valence-corrected chi connectivity index (χ2v) is 5.23. The molecule has 1 saturated carbocycles. The first-order valence-electron chi connectivity index (χ1n) is 5.89. The fourth-order valence-corrected chi connectivity index (χ4v) is 2.39. The number of rotatable bonds is 2. The van der Waals surface area contributed by atoms with Crippen LogP contribution in [0.4, 0.5) is 5.82 Å². The van der Waals surface area contributed by atoms with Gasteiger partial charge in [-0.25, -0.2) is 4.98 Å². The zero-order valence-corrected chi connectivity index (χ0v) is 9.92. The van der Waals surface area contributed by atoms with E-state index in [-0.39, 0.29) is 11.0 Å². The van der Waals surface area contributed by atoms with Crippen molar-refractivity contribution in [3.63, 3.8) is 0 Å². The van der Waals surface area contributed by atoms with Crippen LogP contribution in [0.5, 0.6) is 0 Å². The Morgan fingerprint density at radius 1 is 1.50 bits per heavy atom. The number of aromatic amines is 1. The van der Waals surface area contributed by atoms with Gasteiger partial charge in [-0.05, 0) is 18.3 Å². The molecule has 1 unspecified atom stereocenters. The van der Waals surface area contributed by atoms with Crippen LogP contribution in [0, 0.1) is 5.41 Å². The van der Waals surface area contributed by atoms with E-state index in [0.717, 1.165) is 6.42 Å². The van der Waals surface area contributed by atoms with Crippen LogP contribution in [-0.4, -0.2) is 16.0 Å². The second kappa shape index (κ2) is 4.28. The Morgan fingerprint density at radius 3 is 3.00 bits per heavy atom. The largest absolute Gasteiger partial charge is 0.367 e. The molecule has 4 nitrogen and oxygen atoms in total. The van der Waals surface area contributed by atoms with Crippen molar-refractivity contribution in [2.45, 2.75) is 45.6 Å². The van der Waals surface area contributed by atoms with Crippen LogP contribution in [0.25, 0.3) is 0 Å². The third-order valence-corrected chi connectivity index (χ3v) is 3.51. The molecule has 1 aromatic heterocycles. The quantitative estimate of drug-likeness (QED) is 0.804. The van der Waals surface area contributed by atoms with Crippen molar-refractivity contribution in [3.8, 4) is 0 Å². The lowest BCUT2D eigenvalue weighted by atomic mass is 9.73. The summed E-state index contributed by atoms with van der Waals surface area (Å²) in [5.41, 5.74) is 0.175. The van der Waals surface area contributed by atoms with E-state index >= 15 is 0 Å². The third kappa shape index (κ3) is 2.43. The van der Waals surface area contributed by atoms with Gasteiger partial charge in [-0.3, -0.25) is 4.79 Å². The molecule has 2 N–H and O–H groups in total. The molecule has 0 amide bonds. The Kier molecular flexibility index (Phi) is 2.99. The van der Waals surface area contributed by atoms with E-state index < -0.39 is 0 Å². The lowest BCUT2D eigenvalue weighted by Crippen LogP contribution is -2.39. The number of hydrogen-bond donors (Lipinski definition) is 2. The van der Waals surface area contributed by atoms with Crippen LogP contribution in [0.1, 0.15) is 39.5 Å². The molecule has 0 radical (unpaired) electrons. The van der Waals surface area contributed by atoms with Gasteiger partial charge in [0.05, 0.1) is 6.33 Å². The molecular weight excluding hydrogens is 202 g/mol. The molecule has 2 rings (SSSR count). The van der Waals surface area contributed by atoms with Crippen LogP contribution >= 0.6 is 0 Å². The van der Waals surface area contributed by atoms with Crippen molar-refractivity contribution in [1.82, 2.24) is 9.97 Å². The van der Waals surface area contributed by atoms with E-state index in [9.17, 15) is 4.79 Å². The first kappa shape index (κ1) is 11.2. The minimum atomic E-state index is -0.105. The Hall–Kier alpha value is -1.32. The fourth-order valence-electron chi connectivity index (χ4n) is 2.39. The van der Waals surface area contributed by atoms with Crippen LogP contribution in [0.3, 0.4) is 0 Å². The summed E-state index contributed by atoms with van der Waals surface area (Å²) in [6.45, 7) is 4.55. The SMILES string of the molecule is CC1(C)CCCCC1Nc1cc(=O)[nH]cn1. The summed E-state index contributed by atoms with van der Waals surface area (Å²) >= 11 is 0. The first-order valence-corrected chi connectivity index (χ1v) is 5.89. The average Bonchev–Trinajstić information content (AvgIpc) is 2.21. The summed E-state index contributed by atoms with van der Waals surface area (Å²) in [6, 6.07) is 1.93. The molecule has 16 heavy (non-hydrogen) atoms. The van der Waals surface area contributed by atoms with Crippen LogP contribution < -0.4 is 10.9 Å². The van der Waals surface area contributed by atoms with Crippen molar-refractivity contribution in [2.75, 3.05) is 5.32 Å². The lowest BCUT2D eigenvalue weighted by Gasteiger charge is -2.39. The Balaban J connectivity index is 2.11. The second-order valence-electron chi connectivity index (χ2n) is 5.23. The summed E-state index contributed by atoms with van der Waals surface area (Å²) in [6.07, 6.45) is 6.38. The van der Waals surface area contributed by atoms with Crippen molar-refractivity contribution in [3.05, 3.63) is 22.7 Å². The molecule has 0 aromatic carbocycles. The first-order chi connectivity index (χ1) is 7.58. The van der Waals surface area contributed by atoms with Crippen LogP contribution in [0.2, 0.25) is 0 Å². The van der Waals surface area contributed by atoms with Crippen molar-refractivity contribution < 1.29 is 0 Å². The average molecular weight is 221 g/mol. The summed E-state index contributed by atoms with van der Waals surface area (Å²) in [5, 5.41) is 3.38. The minimum absolute atomic E-state index is 0.105. The summed E-state index contributed by atoms with van der Waals surface area (Å²) < 4.78 is 0. The molecular formula is C12H19N3O. The van der Waals surface area contributed by atoms with Crippen molar-refractivity contribution in [2.24, 2.45) is 5.41 Å². The summed E-state index contributed by atoms with van der Waals surface area (Å²) in [4.78, 5) is 17.8. The standard InChI is InChI=1S/C12H19N3O/c1-12(2)6-4-3-5-9(12)15-10-7-11(16)14-8-13-10/h7-9H,3-6H2,1-2H3,(H2,13,14,15,16). The van der Waals surface area contributed by atoms with Gasteiger partial charge in [-0.1, -0.05) is 26.7 Å². The Labute approximate surface area is 95.5 Å². The Morgan fingerprint density at radius 2 is 2.31 bits per heavy atom. The minimum Gasteiger partial charge on any atom is -0.367 e. The molecule has 88 valence electrons. The fraction of sp³-hybridized carbons (Fsp3) is 0.667. The summed E-state index contributed by atoms with van der Waals surface area (Å²) in [5.74, 6) is 0.684. The number of aromatic nitrogens is 2. The van der Waals surface area contributed by atoms with Gasteiger partial charge < -0.3 is 10.3 Å². The van der Waals surface area contributed by atoms with E-state index in [1.54, 1.807) is 0 Å². The normalized spacial score (nSPS) is 24.0. The number of hydrogen-bond acceptors (Lipinski definition) is 3. The van der Waals surface area contributed by atoms with Crippen molar-refractivity contribution in [1.29, 1.82) is 0 Å². The Bertz CT molecular complexity index is 411. The van der Waals surface area contributed by atoms with Crippen LogP contribution in [-0.2, 0) is 0 Å².